The second-order valence-electron chi connectivity index (χ2n) is 3.43. The first-order chi connectivity index (χ1) is 7.27. The molecule has 0 aromatic heterocycles. The van der Waals surface area contributed by atoms with Crippen LogP contribution in [0.15, 0.2) is 43.1 Å². The van der Waals surface area contributed by atoms with E-state index in [1.807, 2.05) is 37.3 Å². The molecule has 0 unspecified atom stereocenters. The molecule has 80 valence electrons. The molecule has 0 aliphatic rings. The number of benzene rings is 1. The van der Waals surface area contributed by atoms with Crippen molar-refractivity contribution in [2.75, 3.05) is 6.54 Å². The summed E-state index contributed by atoms with van der Waals surface area (Å²) in [6, 6.07) is 9.77. The maximum atomic E-state index is 11.8. The van der Waals surface area contributed by atoms with E-state index in [-0.39, 0.29) is 5.91 Å². The van der Waals surface area contributed by atoms with Gasteiger partial charge in [-0.1, -0.05) is 43.8 Å². The van der Waals surface area contributed by atoms with Gasteiger partial charge in [-0.2, -0.15) is 0 Å². The second-order valence-corrected chi connectivity index (χ2v) is 3.43. The minimum atomic E-state index is 0.109. The number of rotatable bonds is 5. The molecule has 0 atom stereocenters. The van der Waals surface area contributed by atoms with E-state index in [4.69, 9.17) is 0 Å². The van der Waals surface area contributed by atoms with Crippen LogP contribution in [0.1, 0.15) is 18.9 Å². The van der Waals surface area contributed by atoms with Crippen molar-refractivity contribution in [2.45, 2.75) is 19.8 Å². The van der Waals surface area contributed by atoms with Crippen molar-refractivity contribution in [3.63, 3.8) is 0 Å². The van der Waals surface area contributed by atoms with Gasteiger partial charge in [0.15, 0.2) is 0 Å². The Labute approximate surface area is 91.2 Å². The molecule has 2 nitrogen and oxygen atoms in total. The van der Waals surface area contributed by atoms with Gasteiger partial charge in [-0.05, 0) is 18.2 Å². The summed E-state index contributed by atoms with van der Waals surface area (Å²) < 4.78 is 0. The van der Waals surface area contributed by atoms with Gasteiger partial charge in [0.1, 0.15) is 0 Å². The molecule has 0 saturated heterocycles. The zero-order valence-corrected chi connectivity index (χ0v) is 9.15. The summed E-state index contributed by atoms with van der Waals surface area (Å²) in [4.78, 5) is 13.5. The molecule has 1 aromatic rings. The molecule has 0 aliphatic heterocycles. The molecule has 0 fully saturated rings. The molecule has 2 heteroatoms. The third-order valence-corrected chi connectivity index (χ3v) is 2.20. The normalized spacial score (nSPS) is 9.67. The number of nitrogens with zero attached hydrogens (tertiary/aromatic N) is 1. The molecule has 0 N–H and O–H groups in total. The van der Waals surface area contributed by atoms with Crippen molar-refractivity contribution in [1.29, 1.82) is 0 Å². The molecule has 0 bridgehead atoms. The molecular weight excluding hydrogens is 186 g/mol. The highest BCUT2D eigenvalue weighted by Crippen LogP contribution is 2.03. The standard InChI is InChI=1S/C13H17NO/c1-3-10-14(4-2)13(15)11-12-8-6-5-7-9-12/h4-9H,2-3,10-11H2,1H3. The van der Waals surface area contributed by atoms with Gasteiger partial charge in [0.2, 0.25) is 5.91 Å². The lowest BCUT2D eigenvalue weighted by molar-refractivity contribution is -0.127. The van der Waals surface area contributed by atoms with Crippen molar-refractivity contribution in [1.82, 2.24) is 4.90 Å². The highest BCUT2D eigenvalue weighted by atomic mass is 16.2. The Bertz CT molecular complexity index is 319. The van der Waals surface area contributed by atoms with Crippen LogP contribution in [0.5, 0.6) is 0 Å². The first kappa shape index (κ1) is 11.5. The maximum Gasteiger partial charge on any atom is 0.230 e. The largest absolute Gasteiger partial charge is 0.319 e. The van der Waals surface area contributed by atoms with Crippen LogP contribution in [0.3, 0.4) is 0 Å². The summed E-state index contributed by atoms with van der Waals surface area (Å²) in [5, 5.41) is 0. The molecule has 0 spiro atoms. The lowest BCUT2D eigenvalue weighted by Crippen LogP contribution is -2.27. The van der Waals surface area contributed by atoms with E-state index in [9.17, 15) is 4.79 Å². The molecule has 0 heterocycles. The van der Waals surface area contributed by atoms with Crippen LogP contribution in [0, 0.1) is 0 Å². The number of carbonyl (C=O) groups is 1. The molecular formula is C13H17NO. The van der Waals surface area contributed by atoms with Crippen LogP contribution in [0.2, 0.25) is 0 Å². The van der Waals surface area contributed by atoms with Gasteiger partial charge in [0.05, 0.1) is 6.42 Å². The van der Waals surface area contributed by atoms with Crippen molar-refractivity contribution in [2.24, 2.45) is 0 Å². The Hall–Kier alpha value is -1.57. The van der Waals surface area contributed by atoms with Gasteiger partial charge in [0.25, 0.3) is 0 Å². The fourth-order valence-corrected chi connectivity index (χ4v) is 1.43. The Morgan fingerprint density at radius 3 is 2.60 bits per heavy atom. The van der Waals surface area contributed by atoms with E-state index in [0.717, 1.165) is 18.5 Å². The summed E-state index contributed by atoms with van der Waals surface area (Å²) in [6.45, 7) is 6.44. The molecule has 1 aromatic carbocycles. The monoisotopic (exact) mass is 203 g/mol. The molecule has 1 rings (SSSR count). The van der Waals surface area contributed by atoms with Gasteiger partial charge in [-0.3, -0.25) is 4.79 Å². The predicted molar refractivity (Wildman–Crippen MR) is 62.3 cm³/mol. The first-order valence-corrected chi connectivity index (χ1v) is 5.24. The minimum Gasteiger partial charge on any atom is -0.319 e. The van der Waals surface area contributed by atoms with Gasteiger partial charge in [-0.15, -0.1) is 0 Å². The van der Waals surface area contributed by atoms with Crippen molar-refractivity contribution in [3.8, 4) is 0 Å². The third-order valence-electron chi connectivity index (χ3n) is 2.20. The Balaban J connectivity index is 2.58. The minimum absolute atomic E-state index is 0.109. The first-order valence-electron chi connectivity index (χ1n) is 5.24. The molecule has 0 saturated carbocycles. The van der Waals surface area contributed by atoms with Gasteiger partial charge in [-0.25, -0.2) is 0 Å². The van der Waals surface area contributed by atoms with E-state index < -0.39 is 0 Å². The van der Waals surface area contributed by atoms with E-state index >= 15 is 0 Å². The summed E-state index contributed by atoms with van der Waals surface area (Å²) in [5.41, 5.74) is 1.05. The van der Waals surface area contributed by atoms with Gasteiger partial charge >= 0.3 is 0 Å². The zero-order valence-electron chi connectivity index (χ0n) is 9.15. The van der Waals surface area contributed by atoms with Crippen molar-refractivity contribution < 1.29 is 4.79 Å². The zero-order chi connectivity index (χ0) is 11.1. The second kappa shape index (κ2) is 6.02. The van der Waals surface area contributed by atoms with Crippen LogP contribution < -0.4 is 0 Å². The van der Waals surface area contributed by atoms with Gasteiger partial charge < -0.3 is 4.90 Å². The average molecular weight is 203 g/mol. The molecule has 1 amide bonds. The molecule has 0 aliphatic carbocycles. The lowest BCUT2D eigenvalue weighted by Gasteiger charge is -2.16. The van der Waals surface area contributed by atoms with Crippen LogP contribution in [0.25, 0.3) is 0 Å². The summed E-state index contributed by atoms with van der Waals surface area (Å²) in [6.07, 6.45) is 3.01. The topological polar surface area (TPSA) is 20.3 Å². The SMILES string of the molecule is C=CN(CCC)C(=O)Cc1ccccc1. The van der Waals surface area contributed by atoms with Crippen molar-refractivity contribution in [3.05, 3.63) is 48.7 Å². The van der Waals surface area contributed by atoms with E-state index in [2.05, 4.69) is 6.58 Å². The third kappa shape index (κ3) is 3.58. The van der Waals surface area contributed by atoms with Crippen LogP contribution in [0.4, 0.5) is 0 Å². The summed E-state index contributed by atoms with van der Waals surface area (Å²) in [7, 11) is 0. The molecule has 15 heavy (non-hydrogen) atoms. The Kier molecular flexibility index (Phi) is 4.61. The predicted octanol–water partition coefficient (Wildman–Crippen LogP) is 2.61. The number of amides is 1. The fourth-order valence-electron chi connectivity index (χ4n) is 1.43. The molecule has 0 radical (unpaired) electrons. The average Bonchev–Trinajstić information content (AvgIpc) is 2.27. The van der Waals surface area contributed by atoms with E-state index in [1.54, 1.807) is 11.1 Å². The van der Waals surface area contributed by atoms with Crippen LogP contribution >= 0.6 is 0 Å². The lowest BCUT2D eigenvalue weighted by atomic mass is 10.1. The maximum absolute atomic E-state index is 11.8. The fraction of sp³-hybridized carbons (Fsp3) is 0.308. The summed E-state index contributed by atoms with van der Waals surface area (Å²) >= 11 is 0. The van der Waals surface area contributed by atoms with Crippen LogP contribution in [-0.2, 0) is 11.2 Å². The van der Waals surface area contributed by atoms with Crippen molar-refractivity contribution >= 4 is 5.91 Å². The Morgan fingerprint density at radius 2 is 2.07 bits per heavy atom. The summed E-state index contributed by atoms with van der Waals surface area (Å²) in [5.74, 6) is 0.109. The Morgan fingerprint density at radius 1 is 1.40 bits per heavy atom. The quantitative estimate of drug-likeness (QED) is 0.720. The highest BCUT2D eigenvalue weighted by molar-refractivity contribution is 5.79. The smallest absolute Gasteiger partial charge is 0.230 e. The van der Waals surface area contributed by atoms with Crippen LogP contribution in [-0.4, -0.2) is 17.4 Å². The van der Waals surface area contributed by atoms with E-state index in [0.29, 0.717) is 6.42 Å². The van der Waals surface area contributed by atoms with Gasteiger partial charge in [0, 0.05) is 6.54 Å². The van der Waals surface area contributed by atoms with E-state index in [1.165, 1.54) is 0 Å². The number of hydrogen-bond donors (Lipinski definition) is 0. The highest BCUT2D eigenvalue weighted by Gasteiger charge is 2.09. The number of hydrogen-bond acceptors (Lipinski definition) is 1. The number of carbonyl (C=O) groups excluding carboxylic acids is 1.